The Balaban J connectivity index is 2.27. The lowest BCUT2D eigenvalue weighted by molar-refractivity contribution is 0.0960. The van der Waals surface area contributed by atoms with E-state index >= 15 is 0 Å². The highest BCUT2D eigenvalue weighted by atomic mass is 19.2. The number of β-amino-alcohol motifs (C(OH)–C–C–N with tert-alkyl or cyclic N) is 1. The van der Waals surface area contributed by atoms with Crippen LogP contribution >= 0.6 is 0 Å². The molecular weight excluding hydrogens is 171 g/mol. The molecule has 1 heterocycles. The highest BCUT2D eigenvalue weighted by Crippen LogP contribution is 2.16. The van der Waals surface area contributed by atoms with Gasteiger partial charge in [0.25, 0.3) is 0 Å². The first kappa shape index (κ1) is 9.80. The van der Waals surface area contributed by atoms with Crippen LogP contribution in [0, 0.1) is 0 Å². The molecule has 5 heteroatoms. The summed E-state index contributed by atoms with van der Waals surface area (Å²) in [5.41, 5.74) is 0. The van der Waals surface area contributed by atoms with Gasteiger partial charge in [-0.3, -0.25) is 4.90 Å². The number of aliphatic hydroxyl groups is 1. The minimum atomic E-state index is -1.49. The van der Waals surface area contributed by atoms with Gasteiger partial charge in [-0.2, -0.15) is 0 Å². The van der Waals surface area contributed by atoms with Crippen molar-refractivity contribution in [3.05, 3.63) is 0 Å². The van der Waals surface area contributed by atoms with E-state index in [9.17, 15) is 13.2 Å². The maximum atomic E-state index is 12.5. The smallest absolute Gasteiger partial charge is 0.145 e. The van der Waals surface area contributed by atoms with Crippen molar-refractivity contribution >= 4 is 0 Å². The maximum absolute atomic E-state index is 12.5. The summed E-state index contributed by atoms with van der Waals surface area (Å²) in [4.78, 5) is 1.39. The molecule has 0 aromatic heterocycles. The van der Waals surface area contributed by atoms with Gasteiger partial charge in [0.1, 0.15) is 19.0 Å². The van der Waals surface area contributed by atoms with Gasteiger partial charge in [-0.05, 0) is 0 Å². The fourth-order valence-electron chi connectivity index (χ4n) is 1.29. The number of hydrogen-bond acceptors (Lipinski definition) is 2. The number of alkyl halides is 3. The minimum absolute atomic E-state index is 0.0112. The van der Waals surface area contributed by atoms with Crippen molar-refractivity contribution in [1.82, 2.24) is 4.90 Å². The predicted octanol–water partition coefficient (Wildman–Crippen LogP) is 0.309. The summed E-state index contributed by atoms with van der Waals surface area (Å²) in [6, 6.07) is 0. The van der Waals surface area contributed by atoms with Gasteiger partial charge in [0.05, 0.1) is 6.10 Å². The lowest BCUT2D eigenvalue weighted by Crippen LogP contribution is -2.32. The Morgan fingerprint density at radius 2 is 1.83 bits per heavy atom. The van der Waals surface area contributed by atoms with Crippen molar-refractivity contribution in [3.63, 3.8) is 0 Å². The molecule has 0 radical (unpaired) electrons. The highest BCUT2D eigenvalue weighted by Gasteiger charge is 2.33. The molecule has 3 unspecified atom stereocenters. The zero-order valence-corrected chi connectivity index (χ0v) is 6.59. The molecule has 0 spiro atoms. The first-order valence-corrected chi connectivity index (χ1v) is 3.88. The summed E-state index contributed by atoms with van der Waals surface area (Å²) in [6.07, 6.45) is -4.10. The Morgan fingerprint density at radius 3 is 2.25 bits per heavy atom. The standard InChI is InChI=1S/C7H12F3NO/c8-1-5(12)2-11-3-6(9)7(10)4-11/h5-7,12H,1-4H2. The molecule has 72 valence electrons. The molecule has 0 bridgehead atoms. The maximum Gasteiger partial charge on any atom is 0.145 e. The first-order chi connectivity index (χ1) is 5.63. The van der Waals surface area contributed by atoms with E-state index in [1.807, 2.05) is 0 Å². The Morgan fingerprint density at radius 1 is 1.33 bits per heavy atom. The van der Waals surface area contributed by atoms with Crippen LogP contribution in [-0.2, 0) is 0 Å². The van der Waals surface area contributed by atoms with Crippen LogP contribution in [0.4, 0.5) is 13.2 Å². The molecule has 2 nitrogen and oxygen atoms in total. The monoisotopic (exact) mass is 183 g/mol. The highest BCUT2D eigenvalue weighted by molar-refractivity contribution is 4.84. The number of likely N-dealkylation sites (tertiary alicyclic amines) is 1. The van der Waals surface area contributed by atoms with Crippen LogP contribution < -0.4 is 0 Å². The number of halogens is 3. The lowest BCUT2D eigenvalue weighted by Gasteiger charge is -2.16. The molecule has 0 amide bonds. The van der Waals surface area contributed by atoms with Gasteiger partial charge in [0, 0.05) is 19.6 Å². The van der Waals surface area contributed by atoms with Crippen LogP contribution in [0.25, 0.3) is 0 Å². The Hall–Kier alpha value is -0.290. The summed E-state index contributed by atoms with van der Waals surface area (Å²) in [5.74, 6) is 0. The van der Waals surface area contributed by atoms with E-state index in [0.717, 1.165) is 0 Å². The van der Waals surface area contributed by atoms with Crippen molar-refractivity contribution in [3.8, 4) is 0 Å². The molecule has 0 saturated carbocycles. The largest absolute Gasteiger partial charge is 0.389 e. The predicted molar refractivity (Wildman–Crippen MR) is 38.2 cm³/mol. The van der Waals surface area contributed by atoms with Crippen molar-refractivity contribution in [2.75, 3.05) is 26.3 Å². The van der Waals surface area contributed by atoms with E-state index in [-0.39, 0.29) is 19.6 Å². The van der Waals surface area contributed by atoms with Crippen molar-refractivity contribution in [1.29, 1.82) is 0 Å². The number of aliphatic hydroxyl groups excluding tert-OH is 1. The van der Waals surface area contributed by atoms with Crippen LogP contribution in [-0.4, -0.2) is 54.8 Å². The van der Waals surface area contributed by atoms with E-state index in [1.165, 1.54) is 4.90 Å². The minimum Gasteiger partial charge on any atom is -0.389 e. The third-order valence-corrected chi connectivity index (χ3v) is 1.90. The summed E-state index contributed by atoms with van der Waals surface area (Å²) >= 11 is 0. The number of rotatable bonds is 3. The van der Waals surface area contributed by atoms with Crippen molar-refractivity contribution in [2.45, 2.75) is 18.4 Å². The van der Waals surface area contributed by atoms with E-state index in [2.05, 4.69) is 0 Å². The van der Waals surface area contributed by atoms with E-state index in [4.69, 9.17) is 5.11 Å². The second-order valence-electron chi connectivity index (χ2n) is 3.06. The number of hydrogen-bond donors (Lipinski definition) is 1. The van der Waals surface area contributed by atoms with E-state index < -0.39 is 25.1 Å². The first-order valence-electron chi connectivity index (χ1n) is 3.88. The molecule has 1 aliphatic rings. The molecule has 1 aliphatic heterocycles. The van der Waals surface area contributed by atoms with Crippen molar-refractivity contribution < 1.29 is 18.3 Å². The van der Waals surface area contributed by atoms with Crippen LogP contribution in [0.1, 0.15) is 0 Å². The van der Waals surface area contributed by atoms with Crippen molar-refractivity contribution in [2.24, 2.45) is 0 Å². The summed E-state index contributed by atoms with van der Waals surface area (Å²) < 4.78 is 36.8. The van der Waals surface area contributed by atoms with E-state index in [1.54, 1.807) is 0 Å². The molecule has 3 atom stereocenters. The molecule has 1 saturated heterocycles. The molecular formula is C7H12F3NO. The van der Waals surface area contributed by atoms with Crippen LogP contribution in [0.15, 0.2) is 0 Å². The van der Waals surface area contributed by atoms with Gasteiger partial charge >= 0.3 is 0 Å². The number of nitrogens with zero attached hydrogens (tertiary/aromatic N) is 1. The third-order valence-electron chi connectivity index (χ3n) is 1.90. The second-order valence-corrected chi connectivity index (χ2v) is 3.06. The van der Waals surface area contributed by atoms with E-state index in [0.29, 0.717) is 0 Å². The van der Waals surface area contributed by atoms with Gasteiger partial charge in [0.2, 0.25) is 0 Å². The molecule has 0 aromatic carbocycles. The second kappa shape index (κ2) is 4.09. The zero-order chi connectivity index (χ0) is 9.14. The average molecular weight is 183 g/mol. The Labute approximate surface area is 69.0 Å². The summed E-state index contributed by atoms with van der Waals surface area (Å²) in [5, 5.41) is 8.83. The van der Waals surface area contributed by atoms with Crippen LogP contribution in [0.2, 0.25) is 0 Å². The Kier molecular flexibility index (Phi) is 3.34. The Bertz CT molecular complexity index is 137. The van der Waals surface area contributed by atoms with Gasteiger partial charge in [0.15, 0.2) is 0 Å². The molecule has 0 aliphatic carbocycles. The fraction of sp³-hybridized carbons (Fsp3) is 1.00. The lowest BCUT2D eigenvalue weighted by atomic mass is 10.3. The topological polar surface area (TPSA) is 23.5 Å². The normalized spacial score (nSPS) is 34.0. The van der Waals surface area contributed by atoms with Gasteiger partial charge < -0.3 is 5.11 Å². The molecule has 1 N–H and O–H groups in total. The summed E-state index contributed by atoms with van der Waals surface area (Å²) in [6.45, 7) is -0.946. The summed E-state index contributed by atoms with van der Waals surface area (Å²) in [7, 11) is 0. The molecule has 1 fully saturated rings. The van der Waals surface area contributed by atoms with Crippen LogP contribution in [0.3, 0.4) is 0 Å². The quantitative estimate of drug-likeness (QED) is 0.680. The average Bonchev–Trinajstić information content (AvgIpc) is 2.31. The third kappa shape index (κ3) is 2.35. The van der Waals surface area contributed by atoms with Gasteiger partial charge in [-0.1, -0.05) is 0 Å². The molecule has 12 heavy (non-hydrogen) atoms. The van der Waals surface area contributed by atoms with Crippen LogP contribution in [0.5, 0.6) is 0 Å². The fourth-order valence-corrected chi connectivity index (χ4v) is 1.29. The molecule has 1 rings (SSSR count). The zero-order valence-electron chi connectivity index (χ0n) is 6.59. The molecule has 0 aromatic rings. The SMILES string of the molecule is OC(CF)CN1CC(F)C(F)C1. The van der Waals surface area contributed by atoms with Gasteiger partial charge in [-0.15, -0.1) is 0 Å². The van der Waals surface area contributed by atoms with Gasteiger partial charge in [-0.25, -0.2) is 13.2 Å².